The maximum Gasteiger partial charge on any atom is 0.166 e. The van der Waals surface area contributed by atoms with E-state index in [1.54, 1.807) is 12.1 Å². The Bertz CT molecular complexity index is 2980. The molecule has 3 aromatic heterocycles. The lowest BCUT2D eigenvalue weighted by Gasteiger charge is -2.16. The van der Waals surface area contributed by atoms with E-state index in [4.69, 9.17) is 22.1 Å². The molecule has 5 nitrogen and oxygen atoms in total. The normalized spacial score (nSPS) is 12.7. The summed E-state index contributed by atoms with van der Waals surface area (Å²) in [4.78, 5) is 15.1. The molecule has 234 valence electrons. The van der Waals surface area contributed by atoms with Crippen molar-refractivity contribution in [1.29, 1.82) is 0 Å². The first-order valence-electron chi connectivity index (χ1n) is 18.4. The number of hydrogen-bond donors (Lipinski definition) is 0. The third-order valence-electron chi connectivity index (χ3n) is 9.18. The molecule has 0 unspecified atom stereocenters. The van der Waals surface area contributed by atoms with Crippen LogP contribution in [-0.2, 0) is 0 Å². The molecular weight excluding hydrogens is 613 g/mol. The van der Waals surface area contributed by atoms with Gasteiger partial charge in [-0.15, -0.1) is 0 Å². The molecule has 0 N–H and O–H groups in total. The van der Waals surface area contributed by atoms with Crippen molar-refractivity contribution >= 4 is 43.7 Å². The number of fused-ring (bicyclic) bond motifs is 6. The number of rotatable bonds is 5. The molecule has 50 heavy (non-hydrogen) atoms. The average Bonchev–Trinajstić information content (AvgIpc) is 3.74. The summed E-state index contributed by atoms with van der Waals surface area (Å²) in [6, 6.07) is 46.7. The Morgan fingerprint density at radius 1 is 0.460 bits per heavy atom. The molecular formula is C45H28N4O. The maximum atomic E-state index is 9.20. The van der Waals surface area contributed by atoms with E-state index in [1.165, 1.54) is 12.1 Å². The van der Waals surface area contributed by atoms with Crippen molar-refractivity contribution < 1.29 is 9.90 Å². The highest BCUT2D eigenvalue weighted by molar-refractivity contribution is 6.11. The number of aromatic nitrogens is 4. The number of hydrogen-bond acceptors (Lipinski definition) is 4. The van der Waals surface area contributed by atoms with E-state index in [0.717, 1.165) is 44.2 Å². The van der Waals surface area contributed by atoms with Gasteiger partial charge < -0.3 is 8.98 Å². The largest absolute Gasteiger partial charge is 0.455 e. The van der Waals surface area contributed by atoms with E-state index in [-0.39, 0.29) is 24.2 Å². The second-order valence-electron chi connectivity index (χ2n) is 12.1. The van der Waals surface area contributed by atoms with Crippen LogP contribution in [-0.4, -0.2) is 19.5 Å². The Balaban J connectivity index is 1.33. The van der Waals surface area contributed by atoms with Crippen LogP contribution in [0.1, 0.15) is 5.48 Å². The lowest BCUT2D eigenvalue weighted by atomic mass is 9.99. The van der Waals surface area contributed by atoms with E-state index in [9.17, 15) is 2.74 Å². The van der Waals surface area contributed by atoms with Gasteiger partial charge in [0.05, 0.1) is 22.2 Å². The van der Waals surface area contributed by atoms with Gasteiger partial charge in [-0.25, -0.2) is 15.0 Å². The SMILES string of the molecule is [2H]c1cc([2H])c2c(c1)c1cc([2H])cc([2H])c1n2-c1cc(-c2cccc3c2oc2ccccc23)ccc1-c1nc(-c2ccccc2)nc(-c2ccccc2)n1. The molecule has 0 amide bonds. The van der Waals surface area contributed by atoms with Gasteiger partial charge in [-0.1, -0.05) is 139 Å². The first-order valence-corrected chi connectivity index (χ1v) is 16.4. The first kappa shape index (κ1) is 24.3. The van der Waals surface area contributed by atoms with Gasteiger partial charge in [0.15, 0.2) is 17.5 Å². The zero-order chi connectivity index (χ0) is 36.5. The average molecular weight is 645 g/mol. The van der Waals surface area contributed by atoms with Gasteiger partial charge in [0.2, 0.25) is 0 Å². The molecule has 0 aliphatic carbocycles. The zero-order valence-electron chi connectivity index (χ0n) is 30.6. The van der Waals surface area contributed by atoms with Crippen molar-refractivity contribution in [2.45, 2.75) is 0 Å². The van der Waals surface area contributed by atoms with Crippen LogP contribution in [0.25, 0.3) is 94.7 Å². The van der Waals surface area contributed by atoms with Crippen LogP contribution in [0.5, 0.6) is 0 Å². The third-order valence-corrected chi connectivity index (χ3v) is 9.18. The van der Waals surface area contributed by atoms with Gasteiger partial charge in [0.25, 0.3) is 0 Å². The quantitative estimate of drug-likeness (QED) is 0.187. The Morgan fingerprint density at radius 3 is 1.74 bits per heavy atom. The molecule has 0 fully saturated rings. The minimum absolute atomic E-state index is 0.126. The van der Waals surface area contributed by atoms with E-state index in [1.807, 2.05) is 114 Å². The summed E-state index contributed by atoms with van der Waals surface area (Å²) >= 11 is 0. The standard InChI is InChI=1S/C45H28N4O/c1-3-14-29(15-4-1)43-46-44(30-16-5-2-6-17-30)48-45(47-43)37-27-26-31(32-21-13-22-36-35-20-9-12-25-41(35)50-42(32)36)28-40(37)49-38-23-10-7-18-33(38)34-19-8-11-24-39(34)49/h1-28H/i7D,8D,23D,24D. The summed E-state index contributed by atoms with van der Waals surface area (Å²) in [5.41, 5.74) is 7.23. The Hall–Kier alpha value is -6.85. The first-order chi connectivity index (χ1) is 26.4. The number of nitrogens with zero attached hydrogens (tertiary/aromatic N) is 4. The highest BCUT2D eigenvalue weighted by atomic mass is 16.3. The van der Waals surface area contributed by atoms with Crippen LogP contribution < -0.4 is 0 Å². The maximum absolute atomic E-state index is 9.20. The van der Waals surface area contributed by atoms with Crippen molar-refractivity contribution in [2.75, 3.05) is 0 Å². The van der Waals surface area contributed by atoms with Crippen molar-refractivity contribution in [3.05, 3.63) is 170 Å². The molecule has 0 bridgehead atoms. The summed E-state index contributed by atoms with van der Waals surface area (Å²) in [5, 5.41) is 3.25. The van der Waals surface area contributed by atoms with Crippen molar-refractivity contribution in [1.82, 2.24) is 19.5 Å². The predicted molar refractivity (Wildman–Crippen MR) is 203 cm³/mol. The Labute approximate surface area is 293 Å². The fraction of sp³-hybridized carbons (Fsp3) is 0. The highest BCUT2D eigenvalue weighted by Gasteiger charge is 2.21. The molecule has 7 aromatic carbocycles. The van der Waals surface area contributed by atoms with Crippen molar-refractivity contribution in [3.63, 3.8) is 0 Å². The molecule has 3 heterocycles. The van der Waals surface area contributed by atoms with Crippen LogP contribution in [0.2, 0.25) is 0 Å². The minimum Gasteiger partial charge on any atom is -0.455 e. The van der Waals surface area contributed by atoms with Gasteiger partial charge in [-0.2, -0.15) is 0 Å². The molecule has 0 aliphatic rings. The number of benzene rings is 7. The minimum atomic E-state index is 0.126. The highest BCUT2D eigenvalue weighted by Crippen LogP contribution is 2.41. The summed E-state index contributed by atoms with van der Waals surface area (Å²) in [7, 11) is 0. The Kier molecular flexibility index (Phi) is 5.54. The van der Waals surface area contributed by atoms with E-state index in [2.05, 4.69) is 12.1 Å². The van der Waals surface area contributed by atoms with Crippen LogP contribution in [0, 0.1) is 0 Å². The molecule has 0 aliphatic heterocycles. The van der Waals surface area contributed by atoms with Gasteiger partial charge in [-0.05, 0) is 35.8 Å². The zero-order valence-corrected chi connectivity index (χ0v) is 26.6. The molecule has 10 aromatic rings. The summed E-state index contributed by atoms with van der Waals surface area (Å²) < 4.78 is 43.8. The summed E-state index contributed by atoms with van der Waals surface area (Å²) in [6.07, 6.45) is 0. The second-order valence-corrected chi connectivity index (χ2v) is 12.1. The monoisotopic (exact) mass is 644 g/mol. The van der Waals surface area contributed by atoms with Gasteiger partial charge in [-0.3, -0.25) is 0 Å². The summed E-state index contributed by atoms with van der Waals surface area (Å²) in [5.74, 6) is 1.42. The molecule has 5 heteroatoms. The number of para-hydroxylation sites is 4. The molecule has 0 radical (unpaired) electrons. The van der Waals surface area contributed by atoms with Crippen LogP contribution in [0.15, 0.2) is 174 Å². The van der Waals surface area contributed by atoms with Crippen LogP contribution >= 0.6 is 0 Å². The fourth-order valence-corrected chi connectivity index (χ4v) is 6.87. The second kappa shape index (κ2) is 11.4. The Morgan fingerprint density at radius 2 is 1.06 bits per heavy atom. The molecule has 0 atom stereocenters. The molecule has 0 saturated heterocycles. The van der Waals surface area contributed by atoms with E-state index >= 15 is 0 Å². The van der Waals surface area contributed by atoms with Gasteiger partial charge >= 0.3 is 0 Å². The van der Waals surface area contributed by atoms with Crippen molar-refractivity contribution in [2.24, 2.45) is 0 Å². The summed E-state index contributed by atoms with van der Waals surface area (Å²) in [6.45, 7) is 0. The molecule has 10 rings (SSSR count). The van der Waals surface area contributed by atoms with Gasteiger partial charge in [0.1, 0.15) is 11.2 Å². The predicted octanol–water partition coefficient (Wildman–Crippen LogP) is 11.5. The topological polar surface area (TPSA) is 56.7 Å². The van der Waals surface area contributed by atoms with E-state index < -0.39 is 0 Å². The lowest BCUT2D eigenvalue weighted by Crippen LogP contribution is -2.04. The van der Waals surface area contributed by atoms with Crippen LogP contribution in [0.3, 0.4) is 0 Å². The third kappa shape index (κ3) is 4.52. The fourth-order valence-electron chi connectivity index (χ4n) is 6.87. The number of furan rings is 1. The lowest BCUT2D eigenvalue weighted by molar-refractivity contribution is 0.670. The van der Waals surface area contributed by atoms with Crippen molar-refractivity contribution in [3.8, 4) is 51.0 Å². The van der Waals surface area contributed by atoms with E-state index in [0.29, 0.717) is 50.5 Å². The van der Waals surface area contributed by atoms with Crippen LogP contribution in [0.4, 0.5) is 0 Å². The smallest absolute Gasteiger partial charge is 0.166 e. The van der Waals surface area contributed by atoms with Gasteiger partial charge in [0, 0.05) is 43.8 Å². The molecule has 0 spiro atoms. The molecule has 0 saturated carbocycles.